The molecular weight excluding hydrogens is 517 g/mol. The summed E-state index contributed by atoms with van der Waals surface area (Å²) in [5, 5.41) is 7.12. The quantitative estimate of drug-likeness (QED) is 0.291. The molecule has 4 rings (SSSR count). The van der Waals surface area contributed by atoms with Gasteiger partial charge < -0.3 is 29.6 Å². The second kappa shape index (κ2) is 11.6. The number of aromatic nitrogens is 1. The molecule has 0 bridgehead atoms. The summed E-state index contributed by atoms with van der Waals surface area (Å²) in [6, 6.07) is 10.9. The number of urea groups is 1. The van der Waals surface area contributed by atoms with Gasteiger partial charge in [0.1, 0.15) is 17.0 Å². The van der Waals surface area contributed by atoms with E-state index < -0.39 is 23.8 Å². The number of carbonyl (C=O) groups excluding carboxylic acids is 3. The minimum atomic E-state index is -0.877. The zero-order valence-electron chi connectivity index (χ0n) is 20.5. The molecule has 0 spiro atoms. The SMILES string of the molecule is COC(=O)c1scc(NC(=O)Nc2cc(OCc3cccc4cccnc34)c(OC)cc2F)c1C(=O)OC. The van der Waals surface area contributed by atoms with Crippen molar-refractivity contribution in [2.24, 2.45) is 0 Å². The fourth-order valence-corrected chi connectivity index (χ4v) is 4.52. The molecule has 0 aliphatic heterocycles. The monoisotopic (exact) mass is 539 g/mol. The third kappa shape index (κ3) is 5.49. The molecule has 10 nitrogen and oxygen atoms in total. The van der Waals surface area contributed by atoms with Crippen molar-refractivity contribution < 1.29 is 37.7 Å². The highest BCUT2D eigenvalue weighted by Crippen LogP contribution is 2.34. The topological polar surface area (TPSA) is 125 Å². The highest BCUT2D eigenvalue weighted by Gasteiger charge is 2.26. The van der Waals surface area contributed by atoms with Crippen LogP contribution in [0.15, 0.2) is 54.0 Å². The van der Waals surface area contributed by atoms with Crippen LogP contribution in [0.3, 0.4) is 0 Å². The molecule has 0 fully saturated rings. The van der Waals surface area contributed by atoms with Crippen LogP contribution in [0.5, 0.6) is 11.5 Å². The Kier molecular flexibility index (Phi) is 8.02. The first kappa shape index (κ1) is 26.4. The van der Waals surface area contributed by atoms with Gasteiger partial charge in [-0.15, -0.1) is 11.3 Å². The van der Waals surface area contributed by atoms with Crippen LogP contribution in [0, 0.1) is 5.82 Å². The summed E-state index contributed by atoms with van der Waals surface area (Å²) in [6.07, 6.45) is 1.68. The maximum atomic E-state index is 14.8. The van der Waals surface area contributed by atoms with Crippen molar-refractivity contribution >= 4 is 51.6 Å². The van der Waals surface area contributed by atoms with Gasteiger partial charge in [0.05, 0.1) is 38.2 Å². The predicted molar refractivity (Wildman–Crippen MR) is 139 cm³/mol. The summed E-state index contributed by atoms with van der Waals surface area (Å²) in [5.74, 6) is -2.11. The number of ether oxygens (including phenoxy) is 4. The first-order valence-corrected chi connectivity index (χ1v) is 11.9. The normalized spacial score (nSPS) is 10.5. The number of para-hydroxylation sites is 1. The largest absolute Gasteiger partial charge is 0.493 e. The Hall–Kier alpha value is -4.71. The third-order valence-electron chi connectivity index (χ3n) is 5.40. The number of esters is 2. The highest BCUT2D eigenvalue weighted by molar-refractivity contribution is 7.13. The number of nitrogens with zero attached hydrogens (tertiary/aromatic N) is 1. The molecule has 0 saturated carbocycles. The van der Waals surface area contributed by atoms with E-state index in [0.29, 0.717) is 0 Å². The molecular formula is C26H22FN3O7S. The van der Waals surface area contributed by atoms with Crippen LogP contribution in [0.25, 0.3) is 10.9 Å². The number of amides is 2. The van der Waals surface area contributed by atoms with Crippen molar-refractivity contribution in [2.75, 3.05) is 32.0 Å². The third-order valence-corrected chi connectivity index (χ3v) is 6.36. The number of pyridine rings is 1. The highest BCUT2D eigenvalue weighted by atomic mass is 32.1. The molecule has 2 heterocycles. The molecule has 2 aromatic carbocycles. The summed E-state index contributed by atoms with van der Waals surface area (Å²) in [6.45, 7) is 0.107. The molecule has 2 N–H and O–H groups in total. The van der Waals surface area contributed by atoms with Crippen LogP contribution in [-0.4, -0.2) is 44.3 Å². The van der Waals surface area contributed by atoms with Gasteiger partial charge in [0, 0.05) is 34.7 Å². The van der Waals surface area contributed by atoms with Gasteiger partial charge in [-0.1, -0.05) is 24.3 Å². The molecule has 0 atom stereocenters. The average molecular weight is 540 g/mol. The number of methoxy groups -OCH3 is 3. The fourth-order valence-electron chi connectivity index (χ4n) is 3.62. The number of halogens is 1. The Balaban J connectivity index is 1.55. The first-order chi connectivity index (χ1) is 18.4. The number of carbonyl (C=O) groups is 3. The van der Waals surface area contributed by atoms with Gasteiger partial charge in [-0.05, 0) is 6.07 Å². The molecule has 12 heteroatoms. The summed E-state index contributed by atoms with van der Waals surface area (Å²) in [7, 11) is 3.66. The van der Waals surface area contributed by atoms with Crippen LogP contribution in [0.4, 0.5) is 20.6 Å². The first-order valence-electron chi connectivity index (χ1n) is 11.0. The number of thiophene rings is 1. The molecule has 38 heavy (non-hydrogen) atoms. The summed E-state index contributed by atoms with van der Waals surface area (Å²) in [5.41, 5.74) is 1.17. The van der Waals surface area contributed by atoms with E-state index in [1.165, 1.54) is 18.6 Å². The van der Waals surface area contributed by atoms with E-state index in [4.69, 9.17) is 14.2 Å². The number of nitrogens with one attached hydrogen (secondary N) is 2. The predicted octanol–water partition coefficient (Wildman–Crippen LogP) is 5.24. The van der Waals surface area contributed by atoms with Gasteiger partial charge in [0.15, 0.2) is 17.3 Å². The molecule has 0 aliphatic rings. The van der Waals surface area contributed by atoms with Crippen molar-refractivity contribution in [2.45, 2.75) is 6.61 Å². The molecule has 0 radical (unpaired) electrons. The van der Waals surface area contributed by atoms with Crippen molar-refractivity contribution in [1.82, 2.24) is 4.98 Å². The number of hydrogen-bond donors (Lipinski definition) is 2. The molecule has 4 aromatic rings. The Morgan fingerprint density at radius 3 is 2.42 bits per heavy atom. The van der Waals surface area contributed by atoms with Gasteiger partial charge in [0.25, 0.3) is 0 Å². The number of hydrogen-bond acceptors (Lipinski definition) is 9. The van der Waals surface area contributed by atoms with Crippen LogP contribution in [0.2, 0.25) is 0 Å². The Bertz CT molecular complexity index is 1520. The number of anilines is 2. The Morgan fingerprint density at radius 2 is 1.68 bits per heavy atom. The van der Waals surface area contributed by atoms with Crippen molar-refractivity contribution in [1.29, 1.82) is 0 Å². The van der Waals surface area contributed by atoms with Crippen molar-refractivity contribution in [3.63, 3.8) is 0 Å². The maximum absolute atomic E-state index is 14.8. The van der Waals surface area contributed by atoms with Crippen LogP contribution >= 0.6 is 11.3 Å². The lowest BCUT2D eigenvalue weighted by Crippen LogP contribution is -2.22. The van der Waals surface area contributed by atoms with Gasteiger partial charge in [0.2, 0.25) is 0 Å². The Morgan fingerprint density at radius 1 is 0.947 bits per heavy atom. The van der Waals surface area contributed by atoms with E-state index >= 15 is 0 Å². The molecule has 2 aromatic heterocycles. The van der Waals surface area contributed by atoms with E-state index in [1.54, 1.807) is 6.20 Å². The van der Waals surface area contributed by atoms with Gasteiger partial charge in [-0.25, -0.2) is 18.8 Å². The molecule has 0 unspecified atom stereocenters. The van der Waals surface area contributed by atoms with Crippen LogP contribution in [0.1, 0.15) is 25.6 Å². The van der Waals surface area contributed by atoms with E-state index in [0.717, 1.165) is 48.1 Å². The van der Waals surface area contributed by atoms with E-state index in [9.17, 15) is 18.8 Å². The molecule has 0 aliphatic carbocycles. The van der Waals surface area contributed by atoms with Crippen molar-refractivity contribution in [3.8, 4) is 11.5 Å². The minimum absolute atomic E-state index is 0.00593. The van der Waals surface area contributed by atoms with Gasteiger partial charge >= 0.3 is 18.0 Å². The molecule has 2 amide bonds. The molecule has 196 valence electrons. The van der Waals surface area contributed by atoms with Gasteiger partial charge in [-0.2, -0.15) is 0 Å². The lowest BCUT2D eigenvalue weighted by molar-refractivity contribution is 0.0561. The smallest absolute Gasteiger partial charge is 0.349 e. The second-order valence-corrected chi connectivity index (χ2v) is 8.56. The lowest BCUT2D eigenvalue weighted by atomic mass is 10.1. The average Bonchev–Trinajstić information content (AvgIpc) is 3.35. The zero-order valence-corrected chi connectivity index (χ0v) is 21.3. The standard InChI is InChI=1S/C26H22FN3O7S/c1-34-19-10-16(27)17(11-20(19)37-12-15-7-4-6-14-8-5-9-28-22(14)15)29-26(33)30-18-13-38-23(25(32)36-3)21(18)24(31)35-2/h4-11,13H,12H2,1-3H3,(H2,29,30,33). The zero-order chi connectivity index (χ0) is 27.2. The van der Waals surface area contributed by atoms with Crippen molar-refractivity contribution in [3.05, 3.63) is 75.9 Å². The fraction of sp³-hybridized carbons (Fsp3) is 0.154. The van der Waals surface area contributed by atoms with E-state index in [1.807, 2.05) is 30.3 Å². The van der Waals surface area contributed by atoms with Gasteiger partial charge in [-0.3, -0.25) is 4.98 Å². The van der Waals surface area contributed by atoms with E-state index in [2.05, 4.69) is 20.4 Å². The van der Waals surface area contributed by atoms with Crippen LogP contribution in [-0.2, 0) is 16.1 Å². The lowest BCUT2D eigenvalue weighted by Gasteiger charge is -2.15. The number of benzene rings is 2. The Labute approximate surface area is 220 Å². The second-order valence-electron chi connectivity index (χ2n) is 7.68. The summed E-state index contributed by atoms with van der Waals surface area (Å²) in [4.78, 5) is 41.3. The van der Waals surface area contributed by atoms with E-state index in [-0.39, 0.29) is 39.9 Å². The minimum Gasteiger partial charge on any atom is -0.493 e. The summed E-state index contributed by atoms with van der Waals surface area (Å²) >= 11 is 0.883. The maximum Gasteiger partial charge on any atom is 0.349 e. The molecule has 0 saturated heterocycles. The number of fused-ring (bicyclic) bond motifs is 1. The summed E-state index contributed by atoms with van der Waals surface area (Å²) < 4.78 is 35.3. The number of rotatable bonds is 8. The van der Waals surface area contributed by atoms with Crippen LogP contribution < -0.4 is 20.1 Å².